The van der Waals surface area contributed by atoms with Crippen LogP contribution in [0.4, 0.5) is 0 Å². The Labute approximate surface area is 162 Å². The van der Waals surface area contributed by atoms with Crippen molar-refractivity contribution in [1.82, 2.24) is 24.3 Å². The van der Waals surface area contributed by atoms with Gasteiger partial charge in [-0.25, -0.2) is 4.98 Å². The molecule has 0 radical (unpaired) electrons. The molecule has 1 aromatic heterocycles. The molecule has 3 rings (SSSR count). The molecule has 7 nitrogen and oxygen atoms in total. The molecule has 0 spiro atoms. The summed E-state index contributed by atoms with van der Waals surface area (Å²) in [6.07, 6.45) is 6.71. The molecule has 3 heterocycles. The zero-order chi connectivity index (χ0) is 19.2. The molecule has 27 heavy (non-hydrogen) atoms. The Hall–Kier alpha value is -1.44. The zero-order valence-corrected chi connectivity index (χ0v) is 16.9. The zero-order valence-electron chi connectivity index (χ0n) is 16.9. The number of likely N-dealkylation sites (N-methyl/N-ethyl adjacent to an activating group) is 1. The third-order valence-corrected chi connectivity index (χ3v) is 6.16. The Morgan fingerprint density at radius 1 is 1.22 bits per heavy atom. The predicted molar refractivity (Wildman–Crippen MR) is 105 cm³/mol. The molecule has 2 aliphatic rings. The predicted octanol–water partition coefficient (Wildman–Crippen LogP) is 0.683. The van der Waals surface area contributed by atoms with Crippen LogP contribution in [0.5, 0.6) is 0 Å². The highest BCUT2D eigenvalue weighted by atomic mass is 16.3. The lowest BCUT2D eigenvalue weighted by atomic mass is 9.90. The van der Waals surface area contributed by atoms with Crippen LogP contribution in [0.15, 0.2) is 12.4 Å². The minimum atomic E-state index is -0.274. The van der Waals surface area contributed by atoms with Crippen molar-refractivity contribution >= 4 is 5.91 Å². The van der Waals surface area contributed by atoms with Gasteiger partial charge in [0.25, 0.3) is 0 Å². The van der Waals surface area contributed by atoms with E-state index in [0.29, 0.717) is 18.9 Å². The third-order valence-electron chi connectivity index (χ3n) is 6.16. The number of hydrogen-bond acceptors (Lipinski definition) is 5. The molecule has 0 saturated carbocycles. The summed E-state index contributed by atoms with van der Waals surface area (Å²) in [6, 6.07) is 0. The van der Waals surface area contributed by atoms with E-state index in [1.165, 1.54) is 0 Å². The first-order chi connectivity index (χ1) is 13.1. The summed E-state index contributed by atoms with van der Waals surface area (Å²) in [5.74, 6) is 1.57. The number of carbonyl (C=O) groups excluding carboxylic acids is 1. The van der Waals surface area contributed by atoms with Crippen molar-refractivity contribution < 1.29 is 9.90 Å². The number of β-amino-alcohol motifs (C(OH)–C–C–N with tert-alkyl or cyclic N) is 1. The van der Waals surface area contributed by atoms with Gasteiger partial charge in [-0.3, -0.25) is 9.69 Å². The summed E-state index contributed by atoms with van der Waals surface area (Å²) in [5, 5.41) is 10.6. The summed E-state index contributed by atoms with van der Waals surface area (Å²) in [5.41, 5.74) is 0. The lowest BCUT2D eigenvalue weighted by Gasteiger charge is -2.38. The van der Waals surface area contributed by atoms with Crippen LogP contribution >= 0.6 is 0 Å². The number of aryl methyl sites for hydroxylation is 2. The Bertz CT molecular complexity index is 589. The van der Waals surface area contributed by atoms with Crippen LogP contribution in [0.2, 0.25) is 0 Å². The van der Waals surface area contributed by atoms with Crippen molar-refractivity contribution in [3.63, 3.8) is 0 Å². The second-order valence-corrected chi connectivity index (χ2v) is 8.03. The van der Waals surface area contributed by atoms with Gasteiger partial charge in [0.05, 0.1) is 6.10 Å². The molecule has 1 aromatic rings. The van der Waals surface area contributed by atoms with E-state index in [-0.39, 0.29) is 12.0 Å². The first kappa shape index (κ1) is 20.3. The van der Waals surface area contributed by atoms with Crippen LogP contribution in [0, 0.1) is 5.92 Å². The maximum atomic E-state index is 12.5. The van der Waals surface area contributed by atoms with Crippen molar-refractivity contribution in [2.45, 2.75) is 45.3 Å². The quantitative estimate of drug-likeness (QED) is 0.757. The smallest absolute Gasteiger partial charge is 0.224 e. The Kier molecular flexibility index (Phi) is 7.26. The second kappa shape index (κ2) is 9.66. The number of nitrogens with zero attached hydrogens (tertiary/aromatic N) is 5. The van der Waals surface area contributed by atoms with Gasteiger partial charge in [-0.2, -0.15) is 0 Å². The highest BCUT2D eigenvalue weighted by Gasteiger charge is 2.29. The van der Waals surface area contributed by atoms with Crippen LogP contribution in [-0.2, 0) is 17.8 Å². The maximum Gasteiger partial charge on any atom is 0.224 e. The number of likely N-dealkylation sites (tertiary alicyclic amines) is 1. The van der Waals surface area contributed by atoms with Gasteiger partial charge < -0.3 is 19.5 Å². The molecular formula is C20H35N5O2. The Morgan fingerprint density at radius 3 is 2.59 bits per heavy atom. The number of imidazole rings is 1. The van der Waals surface area contributed by atoms with E-state index in [4.69, 9.17) is 0 Å². The first-order valence-corrected chi connectivity index (χ1v) is 10.4. The number of carbonyl (C=O) groups is 1. The molecule has 1 N–H and O–H groups in total. The van der Waals surface area contributed by atoms with Crippen LogP contribution in [0.3, 0.4) is 0 Å². The molecule has 0 bridgehead atoms. The summed E-state index contributed by atoms with van der Waals surface area (Å²) in [7, 11) is 2.15. The largest absolute Gasteiger partial charge is 0.392 e. The highest BCUT2D eigenvalue weighted by molar-refractivity contribution is 5.76. The summed E-state index contributed by atoms with van der Waals surface area (Å²) in [6.45, 7) is 9.34. The average Bonchev–Trinajstić information content (AvgIpc) is 3.15. The van der Waals surface area contributed by atoms with E-state index < -0.39 is 0 Å². The molecule has 0 aromatic carbocycles. The number of piperidine rings is 1. The maximum absolute atomic E-state index is 12.5. The third kappa shape index (κ3) is 5.53. The van der Waals surface area contributed by atoms with Gasteiger partial charge in [-0.15, -0.1) is 0 Å². The lowest BCUT2D eigenvalue weighted by Crippen LogP contribution is -2.49. The molecule has 7 heteroatoms. The lowest BCUT2D eigenvalue weighted by molar-refractivity contribution is -0.133. The molecular weight excluding hydrogens is 342 g/mol. The fraction of sp³-hybridized carbons (Fsp3) is 0.800. The second-order valence-electron chi connectivity index (χ2n) is 8.03. The number of piperazine rings is 1. The molecule has 152 valence electrons. The number of aromatic nitrogens is 2. The van der Waals surface area contributed by atoms with Crippen molar-refractivity contribution in [3.8, 4) is 0 Å². The minimum absolute atomic E-state index is 0.220. The fourth-order valence-electron chi connectivity index (χ4n) is 4.21. The summed E-state index contributed by atoms with van der Waals surface area (Å²) < 4.78 is 2.07. The van der Waals surface area contributed by atoms with Gasteiger partial charge >= 0.3 is 0 Å². The van der Waals surface area contributed by atoms with Crippen LogP contribution in [-0.4, -0.2) is 94.2 Å². The number of amides is 1. The summed E-state index contributed by atoms with van der Waals surface area (Å²) >= 11 is 0. The van der Waals surface area contributed by atoms with E-state index >= 15 is 0 Å². The van der Waals surface area contributed by atoms with Crippen molar-refractivity contribution in [1.29, 1.82) is 0 Å². The SMILES string of the molecule is CCc1nccn1CCC(=O)N1CCC(C(O)CN2CCN(C)CC2)CC1. The number of aliphatic hydroxyl groups excluding tert-OH is 1. The van der Waals surface area contributed by atoms with E-state index in [0.717, 1.165) is 70.9 Å². The summed E-state index contributed by atoms with van der Waals surface area (Å²) in [4.78, 5) is 23.5. The van der Waals surface area contributed by atoms with Gasteiger partial charge in [0, 0.05) is 77.6 Å². The standard InChI is InChI=1S/C20H35N5O2/c1-3-19-21-7-11-24(19)10-6-20(27)25-8-4-17(5-9-25)18(26)16-23-14-12-22(2)13-15-23/h7,11,17-18,26H,3-6,8-10,12-16H2,1-2H3. The normalized spacial score (nSPS) is 21.5. The van der Waals surface area contributed by atoms with Crippen molar-refractivity contribution in [2.24, 2.45) is 5.92 Å². The number of aliphatic hydroxyl groups is 1. The molecule has 0 aliphatic carbocycles. The topological polar surface area (TPSA) is 64.8 Å². The van der Waals surface area contributed by atoms with E-state index in [1.807, 2.05) is 11.1 Å². The number of rotatable bonds is 7. The van der Waals surface area contributed by atoms with E-state index in [2.05, 4.69) is 33.3 Å². The average molecular weight is 378 g/mol. The van der Waals surface area contributed by atoms with Gasteiger partial charge in [-0.1, -0.05) is 6.92 Å². The van der Waals surface area contributed by atoms with Gasteiger partial charge in [0.15, 0.2) is 0 Å². The van der Waals surface area contributed by atoms with Crippen LogP contribution < -0.4 is 0 Å². The fourth-order valence-corrected chi connectivity index (χ4v) is 4.21. The Morgan fingerprint density at radius 2 is 1.93 bits per heavy atom. The van der Waals surface area contributed by atoms with Crippen LogP contribution in [0.1, 0.15) is 32.0 Å². The van der Waals surface area contributed by atoms with Gasteiger partial charge in [-0.05, 0) is 25.8 Å². The van der Waals surface area contributed by atoms with Gasteiger partial charge in [0.1, 0.15) is 5.82 Å². The molecule has 1 amide bonds. The van der Waals surface area contributed by atoms with Gasteiger partial charge in [0.2, 0.25) is 5.91 Å². The Balaban J connectivity index is 1.38. The van der Waals surface area contributed by atoms with E-state index in [9.17, 15) is 9.90 Å². The first-order valence-electron chi connectivity index (χ1n) is 10.4. The highest BCUT2D eigenvalue weighted by Crippen LogP contribution is 2.22. The van der Waals surface area contributed by atoms with E-state index in [1.54, 1.807) is 6.20 Å². The van der Waals surface area contributed by atoms with Crippen LogP contribution in [0.25, 0.3) is 0 Å². The molecule has 1 atom stereocenters. The minimum Gasteiger partial charge on any atom is -0.392 e. The monoisotopic (exact) mass is 377 g/mol. The molecule has 1 unspecified atom stereocenters. The number of hydrogen-bond donors (Lipinski definition) is 1. The van der Waals surface area contributed by atoms with Crippen molar-refractivity contribution in [2.75, 3.05) is 52.9 Å². The molecule has 2 fully saturated rings. The van der Waals surface area contributed by atoms with Crippen molar-refractivity contribution in [3.05, 3.63) is 18.2 Å². The molecule has 2 saturated heterocycles. The molecule has 2 aliphatic heterocycles.